The maximum Gasteiger partial charge on any atom is 0.0441 e. The van der Waals surface area contributed by atoms with Gasteiger partial charge in [-0.05, 0) is 35.9 Å². The average Bonchev–Trinajstić information content (AvgIpc) is 2.35. The molecule has 1 heterocycles. The predicted octanol–water partition coefficient (Wildman–Crippen LogP) is 4.79. The molecule has 0 N–H and O–H groups in total. The number of pyridine rings is 1. The molecule has 0 unspecified atom stereocenters. The van der Waals surface area contributed by atoms with Crippen LogP contribution >= 0.6 is 11.6 Å². The SMILES string of the molecule is CC.CCc1cncc2ccc(Cl)c(C)c12. The van der Waals surface area contributed by atoms with E-state index in [0.29, 0.717) is 0 Å². The van der Waals surface area contributed by atoms with Crippen LogP contribution in [0.1, 0.15) is 31.9 Å². The van der Waals surface area contributed by atoms with Crippen LogP contribution in [0.3, 0.4) is 0 Å². The summed E-state index contributed by atoms with van der Waals surface area (Å²) in [6.45, 7) is 8.20. The minimum atomic E-state index is 0.832. The molecule has 0 radical (unpaired) electrons. The van der Waals surface area contributed by atoms with Crippen molar-refractivity contribution in [3.8, 4) is 0 Å². The molecule has 0 atom stereocenters. The first kappa shape index (κ1) is 13.0. The first-order valence-corrected chi connectivity index (χ1v) is 6.13. The highest BCUT2D eigenvalue weighted by atomic mass is 35.5. The normalized spacial score (nSPS) is 9.81. The van der Waals surface area contributed by atoms with Gasteiger partial charge in [-0.2, -0.15) is 0 Å². The van der Waals surface area contributed by atoms with Crippen LogP contribution < -0.4 is 0 Å². The summed E-state index contributed by atoms with van der Waals surface area (Å²) in [5.41, 5.74) is 2.42. The third-order valence-electron chi connectivity index (χ3n) is 2.58. The summed E-state index contributed by atoms with van der Waals surface area (Å²) < 4.78 is 0. The van der Waals surface area contributed by atoms with E-state index < -0.39 is 0 Å². The van der Waals surface area contributed by atoms with Crippen LogP contribution in [0.15, 0.2) is 24.5 Å². The lowest BCUT2D eigenvalue weighted by atomic mass is 10.0. The molecule has 0 bridgehead atoms. The maximum absolute atomic E-state index is 6.10. The van der Waals surface area contributed by atoms with Gasteiger partial charge in [-0.1, -0.05) is 38.4 Å². The van der Waals surface area contributed by atoms with Gasteiger partial charge in [0, 0.05) is 22.8 Å². The van der Waals surface area contributed by atoms with Crippen molar-refractivity contribution >= 4 is 22.4 Å². The quantitative estimate of drug-likeness (QED) is 0.693. The Bertz CT molecular complexity index is 477. The Morgan fingerprint density at radius 3 is 2.50 bits per heavy atom. The van der Waals surface area contributed by atoms with Crippen LogP contribution in [-0.2, 0) is 6.42 Å². The van der Waals surface area contributed by atoms with Crippen LogP contribution in [0.2, 0.25) is 5.02 Å². The summed E-state index contributed by atoms with van der Waals surface area (Å²) in [6, 6.07) is 3.96. The summed E-state index contributed by atoms with van der Waals surface area (Å²) in [5.74, 6) is 0. The first-order valence-electron chi connectivity index (χ1n) is 5.75. The van der Waals surface area contributed by atoms with Gasteiger partial charge >= 0.3 is 0 Å². The van der Waals surface area contributed by atoms with Crippen molar-refractivity contribution in [3.63, 3.8) is 0 Å². The molecular formula is C14H18ClN. The molecule has 0 saturated carbocycles. The molecule has 0 spiro atoms. The van der Waals surface area contributed by atoms with Crippen LogP contribution in [0.25, 0.3) is 10.8 Å². The number of aromatic nitrogens is 1. The minimum absolute atomic E-state index is 0.832. The Morgan fingerprint density at radius 1 is 1.19 bits per heavy atom. The number of hydrogen-bond acceptors (Lipinski definition) is 1. The number of rotatable bonds is 1. The smallest absolute Gasteiger partial charge is 0.0441 e. The van der Waals surface area contributed by atoms with Crippen molar-refractivity contribution in [1.29, 1.82) is 0 Å². The van der Waals surface area contributed by atoms with E-state index in [-0.39, 0.29) is 0 Å². The van der Waals surface area contributed by atoms with Crippen LogP contribution in [0.5, 0.6) is 0 Å². The number of nitrogens with zero attached hydrogens (tertiary/aromatic N) is 1. The summed E-state index contributed by atoms with van der Waals surface area (Å²) in [6.07, 6.45) is 4.80. The van der Waals surface area contributed by atoms with Gasteiger partial charge in [-0.25, -0.2) is 0 Å². The molecule has 0 aliphatic carbocycles. The highest BCUT2D eigenvalue weighted by Crippen LogP contribution is 2.27. The fourth-order valence-electron chi connectivity index (χ4n) is 1.78. The van der Waals surface area contributed by atoms with E-state index in [0.717, 1.165) is 17.0 Å². The number of hydrogen-bond donors (Lipinski definition) is 0. The fourth-order valence-corrected chi connectivity index (χ4v) is 1.94. The summed E-state index contributed by atoms with van der Waals surface area (Å²) >= 11 is 6.10. The van der Waals surface area contributed by atoms with E-state index >= 15 is 0 Å². The highest BCUT2D eigenvalue weighted by molar-refractivity contribution is 6.32. The zero-order chi connectivity index (χ0) is 12.1. The Labute approximate surface area is 102 Å². The molecule has 1 aromatic carbocycles. The average molecular weight is 236 g/mol. The monoisotopic (exact) mass is 235 g/mol. The number of fused-ring (bicyclic) bond motifs is 1. The van der Waals surface area contributed by atoms with Crippen molar-refractivity contribution in [3.05, 3.63) is 40.7 Å². The van der Waals surface area contributed by atoms with Gasteiger partial charge in [0.15, 0.2) is 0 Å². The molecule has 1 aromatic heterocycles. The molecule has 1 nitrogen and oxygen atoms in total. The van der Waals surface area contributed by atoms with E-state index in [2.05, 4.69) is 18.8 Å². The van der Waals surface area contributed by atoms with Gasteiger partial charge in [0.25, 0.3) is 0 Å². The molecule has 0 aliphatic heterocycles. The Kier molecular flexibility index (Phi) is 4.75. The molecular weight excluding hydrogens is 218 g/mol. The predicted molar refractivity (Wildman–Crippen MR) is 72.2 cm³/mol. The van der Waals surface area contributed by atoms with Gasteiger partial charge in [0.2, 0.25) is 0 Å². The van der Waals surface area contributed by atoms with Crippen LogP contribution in [-0.4, -0.2) is 4.98 Å². The van der Waals surface area contributed by atoms with E-state index in [1.54, 1.807) is 0 Å². The minimum Gasteiger partial charge on any atom is -0.264 e. The lowest BCUT2D eigenvalue weighted by molar-refractivity contribution is 1.12. The van der Waals surface area contributed by atoms with Gasteiger partial charge in [0.1, 0.15) is 0 Å². The van der Waals surface area contributed by atoms with E-state index in [4.69, 9.17) is 11.6 Å². The van der Waals surface area contributed by atoms with Crippen molar-refractivity contribution in [2.45, 2.75) is 34.1 Å². The standard InChI is InChI=1S/C12H12ClN.C2H6/c1-3-9-6-14-7-10-4-5-11(13)8(2)12(9)10;1-2/h4-7H,3H2,1-2H3;1-2H3. The second-order valence-corrected chi connectivity index (χ2v) is 3.83. The largest absolute Gasteiger partial charge is 0.264 e. The lowest BCUT2D eigenvalue weighted by Gasteiger charge is -2.08. The number of aryl methyl sites for hydroxylation is 2. The molecule has 0 aliphatic rings. The molecule has 0 fully saturated rings. The molecule has 86 valence electrons. The van der Waals surface area contributed by atoms with E-state index in [1.165, 1.54) is 16.3 Å². The molecule has 2 heteroatoms. The fraction of sp³-hybridized carbons (Fsp3) is 0.357. The highest BCUT2D eigenvalue weighted by Gasteiger charge is 2.05. The van der Waals surface area contributed by atoms with Crippen LogP contribution in [0.4, 0.5) is 0 Å². The number of halogens is 1. The van der Waals surface area contributed by atoms with Crippen molar-refractivity contribution in [2.24, 2.45) is 0 Å². The molecule has 16 heavy (non-hydrogen) atoms. The van der Waals surface area contributed by atoms with Crippen LogP contribution in [0, 0.1) is 6.92 Å². The molecule has 0 saturated heterocycles. The second kappa shape index (κ2) is 5.86. The summed E-state index contributed by atoms with van der Waals surface area (Å²) in [7, 11) is 0. The Hall–Kier alpha value is -1.08. The third kappa shape index (κ3) is 2.35. The summed E-state index contributed by atoms with van der Waals surface area (Å²) in [4.78, 5) is 4.21. The Morgan fingerprint density at radius 2 is 1.88 bits per heavy atom. The molecule has 2 aromatic rings. The zero-order valence-electron chi connectivity index (χ0n) is 10.3. The van der Waals surface area contributed by atoms with Gasteiger partial charge < -0.3 is 0 Å². The second-order valence-electron chi connectivity index (χ2n) is 3.42. The van der Waals surface area contributed by atoms with E-state index in [9.17, 15) is 0 Å². The third-order valence-corrected chi connectivity index (χ3v) is 2.99. The maximum atomic E-state index is 6.10. The topological polar surface area (TPSA) is 12.9 Å². The number of benzene rings is 1. The van der Waals surface area contributed by atoms with E-state index in [1.807, 2.05) is 38.4 Å². The molecule has 2 rings (SSSR count). The van der Waals surface area contributed by atoms with Gasteiger partial charge in [-0.3, -0.25) is 4.98 Å². The van der Waals surface area contributed by atoms with Gasteiger partial charge in [-0.15, -0.1) is 0 Å². The summed E-state index contributed by atoms with van der Waals surface area (Å²) in [5, 5.41) is 3.26. The van der Waals surface area contributed by atoms with Gasteiger partial charge in [0.05, 0.1) is 0 Å². The Balaban J connectivity index is 0.000000606. The first-order chi connectivity index (χ1) is 7.74. The zero-order valence-corrected chi connectivity index (χ0v) is 11.1. The van der Waals surface area contributed by atoms with Crippen molar-refractivity contribution in [2.75, 3.05) is 0 Å². The van der Waals surface area contributed by atoms with Crippen molar-refractivity contribution < 1.29 is 0 Å². The molecule has 0 amide bonds. The lowest BCUT2D eigenvalue weighted by Crippen LogP contribution is -1.89. The van der Waals surface area contributed by atoms with Crippen molar-refractivity contribution in [1.82, 2.24) is 4.98 Å².